The second-order valence-electron chi connectivity index (χ2n) is 4.05. The molecule has 3 nitrogen and oxygen atoms in total. The highest BCUT2D eigenvalue weighted by Crippen LogP contribution is 2.31. The van der Waals surface area contributed by atoms with E-state index in [2.05, 4.69) is 0 Å². The van der Waals surface area contributed by atoms with Crippen LogP contribution in [-0.2, 0) is 0 Å². The van der Waals surface area contributed by atoms with Crippen LogP contribution < -0.4 is 9.47 Å². The predicted molar refractivity (Wildman–Crippen MR) is 55.0 cm³/mol. The van der Waals surface area contributed by atoms with Gasteiger partial charge in [0, 0.05) is 6.07 Å². The van der Waals surface area contributed by atoms with Crippen molar-refractivity contribution < 1.29 is 14.6 Å². The van der Waals surface area contributed by atoms with Crippen LogP contribution in [0.3, 0.4) is 0 Å². The van der Waals surface area contributed by atoms with E-state index in [0.29, 0.717) is 11.5 Å². The number of benzene rings is 1. The lowest BCUT2D eigenvalue weighted by Crippen LogP contribution is -2.22. The van der Waals surface area contributed by atoms with Gasteiger partial charge < -0.3 is 14.6 Å². The van der Waals surface area contributed by atoms with Crippen LogP contribution in [0.5, 0.6) is 17.2 Å². The summed E-state index contributed by atoms with van der Waals surface area (Å²) in [6, 6.07) is 4.99. The summed E-state index contributed by atoms with van der Waals surface area (Å²) in [5.41, 5.74) is -0.263. The maximum atomic E-state index is 9.48. The second-order valence-corrected chi connectivity index (χ2v) is 4.05. The zero-order valence-corrected chi connectivity index (χ0v) is 9.00. The fourth-order valence-electron chi connectivity index (χ4n) is 1.09. The summed E-state index contributed by atoms with van der Waals surface area (Å²) >= 11 is 0. The molecule has 78 valence electrons. The highest BCUT2D eigenvalue weighted by molar-refractivity contribution is 5.44. The smallest absolute Gasteiger partial charge is 0.161 e. The van der Waals surface area contributed by atoms with Gasteiger partial charge in [-0.3, -0.25) is 0 Å². The van der Waals surface area contributed by atoms with Crippen LogP contribution in [0.2, 0.25) is 0 Å². The van der Waals surface area contributed by atoms with Crippen molar-refractivity contribution in [3.05, 3.63) is 18.2 Å². The van der Waals surface area contributed by atoms with Gasteiger partial charge >= 0.3 is 0 Å². The maximum Gasteiger partial charge on any atom is 0.161 e. The third-order valence-electron chi connectivity index (χ3n) is 1.57. The van der Waals surface area contributed by atoms with Crippen molar-refractivity contribution in [2.24, 2.45) is 0 Å². The van der Waals surface area contributed by atoms with Gasteiger partial charge in [-0.15, -0.1) is 0 Å². The third kappa shape index (κ3) is 2.83. The molecular formula is C11H16O3. The van der Waals surface area contributed by atoms with Crippen molar-refractivity contribution in [2.45, 2.75) is 26.4 Å². The van der Waals surface area contributed by atoms with E-state index in [4.69, 9.17) is 9.47 Å². The molecular weight excluding hydrogens is 180 g/mol. The first kappa shape index (κ1) is 10.7. The molecule has 0 aliphatic rings. The molecule has 1 N–H and O–H groups in total. The minimum absolute atomic E-state index is 0.0919. The molecule has 0 spiro atoms. The van der Waals surface area contributed by atoms with Crippen molar-refractivity contribution >= 4 is 0 Å². The Morgan fingerprint density at radius 1 is 1.21 bits per heavy atom. The van der Waals surface area contributed by atoms with Gasteiger partial charge in [0.1, 0.15) is 11.4 Å². The van der Waals surface area contributed by atoms with Gasteiger partial charge in [0.15, 0.2) is 11.5 Å². The van der Waals surface area contributed by atoms with Crippen LogP contribution in [0.1, 0.15) is 20.8 Å². The molecule has 0 aliphatic heterocycles. The molecule has 0 amide bonds. The molecule has 0 atom stereocenters. The van der Waals surface area contributed by atoms with Crippen LogP contribution in [0, 0.1) is 0 Å². The predicted octanol–water partition coefficient (Wildman–Crippen LogP) is 2.58. The fourth-order valence-corrected chi connectivity index (χ4v) is 1.09. The van der Waals surface area contributed by atoms with Crippen molar-refractivity contribution in [2.75, 3.05) is 7.11 Å². The average Bonchev–Trinajstić information content (AvgIpc) is 2.01. The largest absolute Gasteiger partial charge is 0.504 e. The van der Waals surface area contributed by atoms with E-state index in [1.807, 2.05) is 20.8 Å². The lowest BCUT2D eigenvalue weighted by atomic mass is 10.2. The minimum Gasteiger partial charge on any atom is -0.504 e. The molecule has 0 radical (unpaired) electrons. The first-order chi connectivity index (χ1) is 6.42. The number of methoxy groups -OCH3 is 1. The topological polar surface area (TPSA) is 38.7 Å². The number of ether oxygens (including phenoxy) is 2. The Morgan fingerprint density at radius 2 is 1.86 bits per heavy atom. The highest BCUT2D eigenvalue weighted by atomic mass is 16.5. The molecule has 3 heteroatoms. The Labute approximate surface area is 84.3 Å². The Morgan fingerprint density at radius 3 is 2.29 bits per heavy atom. The van der Waals surface area contributed by atoms with Gasteiger partial charge in [0.05, 0.1) is 7.11 Å². The average molecular weight is 196 g/mol. The van der Waals surface area contributed by atoms with E-state index < -0.39 is 0 Å². The first-order valence-electron chi connectivity index (χ1n) is 4.48. The normalized spacial score (nSPS) is 11.1. The van der Waals surface area contributed by atoms with Gasteiger partial charge in [-0.1, -0.05) is 0 Å². The molecule has 0 bridgehead atoms. The number of hydrogen-bond donors (Lipinski definition) is 1. The van der Waals surface area contributed by atoms with Crippen molar-refractivity contribution in [3.8, 4) is 17.2 Å². The summed E-state index contributed by atoms with van der Waals surface area (Å²) in [6.45, 7) is 5.86. The molecule has 0 unspecified atom stereocenters. The van der Waals surface area contributed by atoms with Gasteiger partial charge in [-0.05, 0) is 32.9 Å². The number of aromatic hydroxyl groups is 1. The molecule has 0 heterocycles. The molecule has 1 rings (SSSR count). The molecule has 0 aromatic heterocycles. The summed E-state index contributed by atoms with van der Waals surface area (Å²) in [6.07, 6.45) is 0. The summed E-state index contributed by atoms with van der Waals surface area (Å²) in [5.74, 6) is 1.18. The third-order valence-corrected chi connectivity index (χ3v) is 1.57. The monoisotopic (exact) mass is 196 g/mol. The number of phenolic OH excluding ortho intramolecular Hbond substituents is 1. The van der Waals surface area contributed by atoms with E-state index in [9.17, 15) is 5.11 Å². The van der Waals surface area contributed by atoms with Gasteiger partial charge in [0.25, 0.3) is 0 Å². The summed E-state index contributed by atoms with van der Waals surface area (Å²) in [4.78, 5) is 0. The molecule has 1 aromatic rings. The number of rotatable bonds is 2. The summed E-state index contributed by atoms with van der Waals surface area (Å²) in [7, 11) is 1.51. The van der Waals surface area contributed by atoms with Gasteiger partial charge in [0.2, 0.25) is 0 Å². The zero-order chi connectivity index (χ0) is 10.8. The second kappa shape index (κ2) is 3.78. The van der Waals surface area contributed by atoms with E-state index in [1.165, 1.54) is 7.11 Å². The lowest BCUT2D eigenvalue weighted by Gasteiger charge is -2.21. The Kier molecular flexibility index (Phi) is 2.89. The van der Waals surface area contributed by atoms with Crippen molar-refractivity contribution in [3.63, 3.8) is 0 Å². The quantitative estimate of drug-likeness (QED) is 0.790. The SMILES string of the molecule is COc1ccc(OC(C)(C)C)cc1O. The Balaban J connectivity index is 2.87. The summed E-state index contributed by atoms with van der Waals surface area (Å²) < 4.78 is 10.5. The molecule has 14 heavy (non-hydrogen) atoms. The highest BCUT2D eigenvalue weighted by Gasteiger charge is 2.12. The van der Waals surface area contributed by atoms with E-state index in [-0.39, 0.29) is 11.4 Å². The number of phenols is 1. The van der Waals surface area contributed by atoms with E-state index in [0.717, 1.165) is 0 Å². The molecule has 0 saturated carbocycles. The Hall–Kier alpha value is -1.38. The first-order valence-corrected chi connectivity index (χ1v) is 4.48. The van der Waals surface area contributed by atoms with E-state index >= 15 is 0 Å². The van der Waals surface area contributed by atoms with Gasteiger partial charge in [-0.25, -0.2) is 0 Å². The molecule has 0 aliphatic carbocycles. The molecule has 1 aromatic carbocycles. The van der Waals surface area contributed by atoms with E-state index in [1.54, 1.807) is 18.2 Å². The van der Waals surface area contributed by atoms with Gasteiger partial charge in [-0.2, -0.15) is 0 Å². The number of hydrogen-bond acceptors (Lipinski definition) is 3. The molecule has 0 fully saturated rings. The van der Waals surface area contributed by atoms with Crippen LogP contribution in [-0.4, -0.2) is 17.8 Å². The minimum atomic E-state index is -0.263. The van der Waals surface area contributed by atoms with Crippen LogP contribution >= 0.6 is 0 Å². The zero-order valence-electron chi connectivity index (χ0n) is 9.00. The van der Waals surface area contributed by atoms with Crippen LogP contribution in [0.25, 0.3) is 0 Å². The van der Waals surface area contributed by atoms with Crippen LogP contribution in [0.4, 0.5) is 0 Å². The summed E-state index contributed by atoms with van der Waals surface area (Å²) in [5, 5.41) is 9.48. The Bertz CT molecular complexity index is 313. The molecule has 0 saturated heterocycles. The standard InChI is InChI=1S/C11H16O3/c1-11(2,3)14-8-5-6-10(13-4)9(12)7-8/h5-7,12H,1-4H3. The maximum absolute atomic E-state index is 9.48. The van der Waals surface area contributed by atoms with Crippen molar-refractivity contribution in [1.82, 2.24) is 0 Å². The van der Waals surface area contributed by atoms with Crippen molar-refractivity contribution in [1.29, 1.82) is 0 Å². The fraction of sp³-hybridized carbons (Fsp3) is 0.455. The van der Waals surface area contributed by atoms with Crippen LogP contribution in [0.15, 0.2) is 18.2 Å². The lowest BCUT2D eigenvalue weighted by molar-refractivity contribution is 0.130.